The van der Waals surface area contributed by atoms with Crippen molar-refractivity contribution >= 4 is 21.6 Å². The quantitative estimate of drug-likeness (QED) is 0.741. The van der Waals surface area contributed by atoms with E-state index >= 15 is 0 Å². The molecule has 1 aromatic carbocycles. The average molecular weight is 330 g/mol. The van der Waals surface area contributed by atoms with E-state index in [0.29, 0.717) is 11.3 Å². The maximum absolute atomic E-state index is 13.5. The number of hydrogen-bond donors (Lipinski definition) is 0. The number of hydrogen-bond acceptors (Lipinski definition) is 4. The van der Waals surface area contributed by atoms with E-state index in [1.165, 1.54) is 28.7 Å². The SMILES string of the molecule is COc1ccc(F)cc1Cn1cnc2sc3c(c2c1=O)CCC3. The first-order valence-electron chi connectivity index (χ1n) is 7.49. The van der Waals surface area contributed by atoms with Crippen LogP contribution in [0.4, 0.5) is 4.39 Å². The van der Waals surface area contributed by atoms with Crippen molar-refractivity contribution in [1.82, 2.24) is 9.55 Å². The minimum atomic E-state index is -0.348. The highest BCUT2D eigenvalue weighted by Gasteiger charge is 2.21. The van der Waals surface area contributed by atoms with Gasteiger partial charge in [-0.1, -0.05) is 0 Å². The zero-order chi connectivity index (χ0) is 16.0. The Labute approximate surface area is 136 Å². The molecule has 0 saturated carbocycles. The summed E-state index contributed by atoms with van der Waals surface area (Å²) < 4.78 is 20.3. The van der Waals surface area contributed by atoms with E-state index in [1.54, 1.807) is 23.7 Å². The predicted molar refractivity (Wildman–Crippen MR) is 88.0 cm³/mol. The molecule has 0 saturated heterocycles. The number of aryl methyl sites for hydroxylation is 2. The van der Waals surface area contributed by atoms with Crippen LogP contribution in [0.1, 0.15) is 22.4 Å². The summed E-state index contributed by atoms with van der Waals surface area (Å²) in [6.45, 7) is 0.243. The second-order valence-electron chi connectivity index (χ2n) is 5.67. The molecule has 0 amide bonds. The molecule has 1 aliphatic carbocycles. The lowest BCUT2D eigenvalue weighted by atomic mass is 10.1. The number of thiophene rings is 1. The van der Waals surface area contributed by atoms with Gasteiger partial charge in [0.25, 0.3) is 5.56 Å². The van der Waals surface area contributed by atoms with Crippen molar-refractivity contribution in [2.24, 2.45) is 0 Å². The first kappa shape index (κ1) is 14.4. The number of nitrogens with zero attached hydrogens (tertiary/aromatic N) is 2. The standard InChI is InChI=1S/C17H15FN2O2S/c1-22-13-6-5-11(18)7-10(13)8-20-9-19-16-15(17(20)21)12-3-2-4-14(12)23-16/h5-7,9H,2-4,8H2,1H3. The first-order valence-corrected chi connectivity index (χ1v) is 8.31. The van der Waals surface area contributed by atoms with Crippen LogP contribution in [-0.2, 0) is 19.4 Å². The van der Waals surface area contributed by atoms with E-state index < -0.39 is 0 Å². The fourth-order valence-electron chi connectivity index (χ4n) is 3.19. The van der Waals surface area contributed by atoms with E-state index in [9.17, 15) is 9.18 Å². The molecule has 2 aromatic heterocycles. The zero-order valence-electron chi connectivity index (χ0n) is 12.6. The molecular weight excluding hydrogens is 315 g/mol. The molecule has 1 aliphatic rings. The summed E-state index contributed by atoms with van der Waals surface area (Å²) in [6, 6.07) is 4.32. The van der Waals surface area contributed by atoms with Gasteiger partial charge in [-0.15, -0.1) is 11.3 Å². The van der Waals surface area contributed by atoms with Crippen LogP contribution in [0.3, 0.4) is 0 Å². The number of methoxy groups -OCH3 is 1. The highest BCUT2D eigenvalue weighted by molar-refractivity contribution is 7.18. The van der Waals surface area contributed by atoms with Crippen LogP contribution in [0.25, 0.3) is 10.2 Å². The molecule has 2 heterocycles. The van der Waals surface area contributed by atoms with E-state index in [2.05, 4.69) is 4.98 Å². The molecule has 0 bridgehead atoms. The molecule has 0 N–H and O–H groups in total. The third kappa shape index (κ3) is 2.34. The monoisotopic (exact) mass is 330 g/mol. The highest BCUT2D eigenvalue weighted by Crippen LogP contribution is 2.34. The summed E-state index contributed by atoms with van der Waals surface area (Å²) in [4.78, 5) is 19.4. The summed E-state index contributed by atoms with van der Waals surface area (Å²) in [5, 5.41) is 0.736. The van der Waals surface area contributed by atoms with Gasteiger partial charge in [-0.3, -0.25) is 9.36 Å². The fourth-order valence-corrected chi connectivity index (χ4v) is 4.41. The summed E-state index contributed by atoms with van der Waals surface area (Å²) in [7, 11) is 1.53. The number of ether oxygens (including phenoxy) is 1. The van der Waals surface area contributed by atoms with Crippen molar-refractivity contribution in [3.8, 4) is 5.75 Å². The van der Waals surface area contributed by atoms with Crippen molar-refractivity contribution in [3.63, 3.8) is 0 Å². The van der Waals surface area contributed by atoms with E-state index in [4.69, 9.17) is 4.74 Å². The Hall–Kier alpha value is -2.21. The van der Waals surface area contributed by atoms with Crippen molar-refractivity contribution in [2.45, 2.75) is 25.8 Å². The predicted octanol–water partition coefficient (Wildman–Crippen LogP) is 3.14. The molecule has 0 spiro atoms. The van der Waals surface area contributed by atoms with Gasteiger partial charge in [-0.05, 0) is 43.0 Å². The highest BCUT2D eigenvalue weighted by atomic mass is 32.1. The Morgan fingerprint density at radius 3 is 3.09 bits per heavy atom. The number of benzene rings is 1. The Bertz CT molecular complexity index is 961. The van der Waals surface area contributed by atoms with Crippen molar-refractivity contribution < 1.29 is 9.13 Å². The smallest absolute Gasteiger partial charge is 0.262 e. The Balaban J connectivity index is 1.83. The van der Waals surface area contributed by atoms with Gasteiger partial charge in [-0.25, -0.2) is 9.37 Å². The van der Waals surface area contributed by atoms with Gasteiger partial charge >= 0.3 is 0 Å². The summed E-state index contributed by atoms with van der Waals surface area (Å²) >= 11 is 1.62. The third-order valence-corrected chi connectivity index (χ3v) is 5.47. The third-order valence-electron chi connectivity index (χ3n) is 4.27. The fraction of sp³-hybridized carbons (Fsp3) is 0.294. The van der Waals surface area contributed by atoms with Gasteiger partial charge in [0.1, 0.15) is 16.4 Å². The summed E-state index contributed by atoms with van der Waals surface area (Å²) in [5.41, 5.74) is 1.73. The number of aromatic nitrogens is 2. The van der Waals surface area contributed by atoms with Gasteiger partial charge in [0, 0.05) is 10.4 Å². The lowest BCUT2D eigenvalue weighted by molar-refractivity contribution is 0.406. The first-order chi connectivity index (χ1) is 11.2. The second kappa shape index (κ2) is 5.45. The normalized spacial score (nSPS) is 13.5. The average Bonchev–Trinajstić information content (AvgIpc) is 3.11. The molecule has 0 fully saturated rings. The van der Waals surface area contributed by atoms with Gasteiger partial charge < -0.3 is 4.74 Å². The lowest BCUT2D eigenvalue weighted by Crippen LogP contribution is -2.21. The molecular formula is C17H15FN2O2S. The minimum absolute atomic E-state index is 0.0549. The molecule has 4 rings (SSSR count). The molecule has 118 valence electrons. The lowest BCUT2D eigenvalue weighted by Gasteiger charge is -2.10. The van der Waals surface area contributed by atoms with Crippen LogP contribution in [0, 0.1) is 5.82 Å². The molecule has 0 radical (unpaired) electrons. The summed E-state index contributed by atoms with van der Waals surface area (Å²) in [5.74, 6) is 0.216. The minimum Gasteiger partial charge on any atom is -0.496 e. The van der Waals surface area contributed by atoms with Crippen molar-refractivity contribution in [2.75, 3.05) is 7.11 Å². The van der Waals surface area contributed by atoms with Crippen LogP contribution < -0.4 is 10.3 Å². The Morgan fingerprint density at radius 1 is 1.39 bits per heavy atom. The molecule has 0 atom stereocenters. The molecule has 0 unspecified atom stereocenters. The van der Waals surface area contributed by atoms with Crippen LogP contribution in [0.15, 0.2) is 29.3 Å². The van der Waals surface area contributed by atoms with Gasteiger partial charge in [0.15, 0.2) is 0 Å². The largest absolute Gasteiger partial charge is 0.496 e. The topological polar surface area (TPSA) is 44.1 Å². The molecule has 0 aliphatic heterocycles. The maximum atomic E-state index is 13.5. The van der Waals surface area contributed by atoms with Gasteiger partial charge in [-0.2, -0.15) is 0 Å². The van der Waals surface area contributed by atoms with Crippen LogP contribution in [0.5, 0.6) is 5.75 Å². The number of halogens is 1. The molecule has 4 nitrogen and oxygen atoms in total. The van der Waals surface area contributed by atoms with E-state index in [0.717, 1.165) is 35.0 Å². The van der Waals surface area contributed by atoms with Crippen LogP contribution in [0.2, 0.25) is 0 Å². The van der Waals surface area contributed by atoms with Crippen LogP contribution in [-0.4, -0.2) is 16.7 Å². The molecule has 23 heavy (non-hydrogen) atoms. The summed E-state index contributed by atoms with van der Waals surface area (Å²) in [6.07, 6.45) is 4.62. The second-order valence-corrected chi connectivity index (χ2v) is 6.75. The maximum Gasteiger partial charge on any atom is 0.262 e. The van der Waals surface area contributed by atoms with Crippen molar-refractivity contribution in [1.29, 1.82) is 0 Å². The van der Waals surface area contributed by atoms with Crippen molar-refractivity contribution in [3.05, 3.63) is 56.7 Å². The van der Waals surface area contributed by atoms with Gasteiger partial charge in [0.05, 0.1) is 25.4 Å². The zero-order valence-corrected chi connectivity index (χ0v) is 13.5. The number of rotatable bonds is 3. The molecule has 6 heteroatoms. The Morgan fingerprint density at radius 2 is 2.26 bits per heavy atom. The van der Waals surface area contributed by atoms with E-state index in [1.807, 2.05) is 0 Å². The van der Waals surface area contributed by atoms with E-state index in [-0.39, 0.29) is 17.9 Å². The van der Waals surface area contributed by atoms with Crippen LogP contribution >= 0.6 is 11.3 Å². The Kier molecular flexibility index (Phi) is 3.41. The number of fused-ring (bicyclic) bond motifs is 3. The van der Waals surface area contributed by atoms with Gasteiger partial charge in [0.2, 0.25) is 0 Å². The molecule has 3 aromatic rings.